The molecule has 0 radical (unpaired) electrons. The van der Waals surface area contributed by atoms with E-state index in [1.54, 1.807) is 29.2 Å². The van der Waals surface area contributed by atoms with Crippen molar-refractivity contribution < 1.29 is 23.5 Å². The minimum absolute atomic E-state index is 0.0872. The van der Waals surface area contributed by atoms with Crippen molar-refractivity contribution in [2.75, 3.05) is 17.7 Å². The molecule has 0 saturated carbocycles. The number of methoxy groups -OCH3 is 1. The van der Waals surface area contributed by atoms with E-state index in [4.69, 9.17) is 4.74 Å². The Hall–Kier alpha value is -4.20. The van der Waals surface area contributed by atoms with Gasteiger partial charge < -0.3 is 20.3 Å². The Morgan fingerprint density at radius 1 is 0.971 bits per heavy atom. The van der Waals surface area contributed by atoms with E-state index in [0.717, 1.165) is 16.7 Å². The molecule has 0 fully saturated rings. The molecule has 3 amide bonds. The number of fused-ring (bicyclic) bond motifs is 1. The van der Waals surface area contributed by atoms with Crippen LogP contribution in [-0.2, 0) is 16.1 Å². The van der Waals surface area contributed by atoms with Gasteiger partial charge in [-0.05, 0) is 52.9 Å². The van der Waals surface area contributed by atoms with E-state index in [0.29, 0.717) is 17.8 Å². The zero-order valence-corrected chi connectivity index (χ0v) is 19.7. The third-order valence-corrected chi connectivity index (χ3v) is 5.95. The zero-order chi connectivity index (χ0) is 25.1. The van der Waals surface area contributed by atoms with Crippen LogP contribution < -0.4 is 10.6 Å². The van der Waals surface area contributed by atoms with Crippen LogP contribution in [0.1, 0.15) is 29.8 Å². The van der Waals surface area contributed by atoms with Crippen LogP contribution in [0.3, 0.4) is 0 Å². The van der Waals surface area contributed by atoms with E-state index < -0.39 is 23.9 Å². The predicted octanol–water partition coefficient (Wildman–Crippen LogP) is 5.29. The second-order valence-electron chi connectivity index (χ2n) is 8.65. The van der Waals surface area contributed by atoms with Crippen molar-refractivity contribution in [1.29, 1.82) is 0 Å². The van der Waals surface area contributed by atoms with Gasteiger partial charge in [-0.3, -0.25) is 4.79 Å². The molecule has 0 aliphatic carbocycles. The molecule has 1 heterocycles. The predicted molar refractivity (Wildman–Crippen MR) is 131 cm³/mol. The van der Waals surface area contributed by atoms with E-state index in [2.05, 4.69) is 10.6 Å². The van der Waals surface area contributed by atoms with Gasteiger partial charge in [0.25, 0.3) is 5.91 Å². The average Bonchev–Trinajstić information content (AvgIpc) is 3.16. The highest BCUT2D eigenvalue weighted by molar-refractivity contribution is 6.02. The van der Waals surface area contributed by atoms with Crippen molar-refractivity contribution in [3.05, 3.63) is 83.7 Å². The van der Waals surface area contributed by atoms with E-state index in [9.17, 15) is 18.8 Å². The van der Waals surface area contributed by atoms with Gasteiger partial charge in [-0.15, -0.1) is 0 Å². The number of anilines is 2. The monoisotopic (exact) mass is 475 g/mol. The summed E-state index contributed by atoms with van der Waals surface area (Å²) in [5.74, 6) is -1.23. The van der Waals surface area contributed by atoms with Gasteiger partial charge in [0.2, 0.25) is 0 Å². The molecule has 2 N–H and O–H groups in total. The van der Waals surface area contributed by atoms with Crippen LogP contribution in [0.15, 0.2) is 66.7 Å². The quantitative estimate of drug-likeness (QED) is 0.474. The molecule has 3 aromatic rings. The fourth-order valence-corrected chi connectivity index (χ4v) is 4.20. The summed E-state index contributed by atoms with van der Waals surface area (Å²) >= 11 is 0. The number of nitrogens with one attached hydrogen (secondary N) is 2. The smallest absolute Gasteiger partial charge is 0.328 e. The van der Waals surface area contributed by atoms with Crippen LogP contribution in [-0.4, -0.2) is 36.0 Å². The van der Waals surface area contributed by atoms with Crippen LogP contribution in [0.2, 0.25) is 0 Å². The number of hydrogen-bond acceptors (Lipinski definition) is 4. The third-order valence-electron chi connectivity index (χ3n) is 5.95. The van der Waals surface area contributed by atoms with Gasteiger partial charge >= 0.3 is 12.0 Å². The molecule has 8 heteroatoms. The molecule has 0 saturated heterocycles. The standard InChI is InChI=1S/C27H26FN3O4/c1-16(2)24(26(33)35-3)31-15-19-9-8-18(14-21(19)25(31)32)17-10-12-20(13-11-17)29-27(34)30-23-7-5-4-6-22(23)28/h4-14,16,24H,15H2,1-3H3,(H2,29,30,34)/t24-/m0/s1. The van der Waals surface area contributed by atoms with Gasteiger partial charge in [-0.1, -0.05) is 50.2 Å². The zero-order valence-electron chi connectivity index (χ0n) is 19.7. The maximum atomic E-state index is 13.7. The molecule has 1 atom stereocenters. The van der Waals surface area contributed by atoms with Crippen molar-refractivity contribution in [3.8, 4) is 11.1 Å². The molecule has 4 rings (SSSR count). The third kappa shape index (κ3) is 5.01. The van der Waals surface area contributed by atoms with Gasteiger partial charge in [0.1, 0.15) is 11.9 Å². The lowest BCUT2D eigenvalue weighted by atomic mass is 10.00. The van der Waals surface area contributed by atoms with Gasteiger partial charge in [0, 0.05) is 17.8 Å². The summed E-state index contributed by atoms with van der Waals surface area (Å²) in [6, 6.07) is 17.4. The first-order chi connectivity index (χ1) is 16.8. The fraction of sp³-hybridized carbons (Fsp3) is 0.222. The van der Waals surface area contributed by atoms with Crippen molar-refractivity contribution in [1.82, 2.24) is 4.90 Å². The number of carbonyl (C=O) groups is 3. The van der Waals surface area contributed by atoms with E-state index in [-0.39, 0.29) is 17.5 Å². The minimum Gasteiger partial charge on any atom is -0.467 e. The molecule has 1 aliphatic rings. The number of rotatable bonds is 6. The van der Waals surface area contributed by atoms with Gasteiger partial charge in [-0.25, -0.2) is 14.0 Å². The number of urea groups is 1. The second-order valence-corrected chi connectivity index (χ2v) is 8.65. The van der Waals surface area contributed by atoms with Crippen molar-refractivity contribution >= 4 is 29.3 Å². The summed E-state index contributed by atoms with van der Waals surface area (Å²) in [6.07, 6.45) is 0. The Balaban J connectivity index is 1.48. The van der Waals surface area contributed by atoms with E-state index in [1.165, 1.54) is 19.2 Å². The topological polar surface area (TPSA) is 87.7 Å². The highest BCUT2D eigenvalue weighted by Gasteiger charge is 2.38. The molecule has 3 aromatic carbocycles. The van der Waals surface area contributed by atoms with Crippen LogP contribution in [0.5, 0.6) is 0 Å². The number of para-hydroxylation sites is 1. The Labute approximate surface area is 202 Å². The molecule has 180 valence electrons. The van der Waals surface area contributed by atoms with Gasteiger partial charge in [-0.2, -0.15) is 0 Å². The second kappa shape index (κ2) is 9.97. The summed E-state index contributed by atoms with van der Waals surface area (Å²) in [5, 5.41) is 5.14. The van der Waals surface area contributed by atoms with Crippen molar-refractivity contribution in [2.24, 2.45) is 5.92 Å². The molecule has 7 nitrogen and oxygen atoms in total. The highest BCUT2D eigenvalue weighted by atomic mass is 19.1. The molecular weight excluding hydrogens is 449 g/mol. The number of hydrogen-bond donors (Lipinski definition) is 2. The van der Waals surface area contributed by atoms with Crippen LogP contribution >= 0.6 is 0 Å². The Bertz CT molecular complexity index is 1270. The molecule has 35 heavy (non-hydrogen) atoms. The van der Waals surface area contributed by atoms with Gasteiger partial charge in [0.15, 0.2) is 0 Å². The largest absolute Gasteiger partial charge is 0.467 e. The Morgan fingerprint density at radius 3 is 2.31 bits per heavy atom. The molecule has 0 aromatic heterocycles. The molecule has 0 spiro atoms. The summed E-state index contributed by atoms with van der Waals surface area (Å²) in [6.45, 7) is 4.12. The summed E-state index contributed by atoms with van der Waals surface area (Å²) in [5.41, 5.74) is 3.72. The number of halogens is 1. The lowest BCUT2D eigenvalue weighted by Gasteiger charge is -2.28. The molecular formula is C27H26FN3O4. The maximum Gasteiger partial charge on any atom is 0.328 e. The molecule has 1 aliphatic heterocycles. The SMILES string of the molecule is COC(=O)[C@H](C(C)C)N1Cc2ccc(-c3ccc(NC(=O)Nc4ccccc4F)cc3)cc2C1=O. The normalized spacial score (nSPS) is 13.4. The number of nitrogens with zero attached hydrogens (tertiary/aromatic N) is 1. The highest BCUT2D eigenvalue weighted by Crippen LogP contribution is 2.32. The minimum atomic E-state index is -0.649. The first kappa shape index (κ1) is 23.9. The molecule has 0 unspecified atom stereocenters. The molecule has 0 bridgehead atoms. The fourth-order valence-electron chi connectivity index (χ4n) is 4.20. The van der Waals surface area contributed by atoms with Crippen LogP contribution in [0.25, 0.3) is 11.1 Å². The number of benzene rings is 3. The Morgan fingerprint density at radius 2 is 1.66 bits per heavy atom. The van der Waals surface area contributed by atoms with Crippen molar-refractivity contribution in [2.45, 2.75) is 26.4 Å². The first-order valence-electron chi connectivity index (χ1n) is 11.2. The van der Waals surface area contributed by atoms with Crippen LogP contribution in [0, 0.1) is 11.7 Å². The van der Waals surface area contributed by atoms with E-state index >= 15 is 0 Å². The number of carbonyl (C=O) groups excluding carboxylic acids is 3. The average molecular weight is 476 g/mol. The maximum absolute atomic E-state index is 13.7. The summed E-state index contributed by atoms with van der Waals surface area (Å²) in [7, 11) is 1.33. The van der Waals surface area contributed by atoms with E-state index in [1.807, 2.05) is 44.2 Å². The van der Waals surface area contributed by atoms with Crippen molar-refractivity contribution in [3.63, 3.8) is 0 Å². The van der Waals surface area contributed by atoms with Crippen LogP contribution in [0.4, 0.5) is 20.6 Å². The first-order valence-corrected chi connectivity index (χ1v) is 11.2. The number of esters is 1. The van der Waals surface area contributed by atoms with Gasteiger partial charge in [0.05, 0.1) is 12.8 Å². The number of ether oxygens (including phenoxy) is 1. The summed E-state index contributed by atoms with van der Waals surface area (Å²) < 4.78 is 18.6. The lowest BCUT2D eigenvalue weighted by Crippen LogP contribution is -2.45. The Kier molecular flexibility index (Phi) is 6.82. The lowest BCUT2D eigenvalue weighted by molar-refractivity contribution is -0.147. The number of amides is 3. The summed E-state index contributed by atoms with van der Waals surface area (Å²) in [4.78, 5) is 39.2.